The molecule has 1 fully saturated rings. The maximum Gasteiger partial charge on any atom is 0.416 e. The minimum Gasteiger partial charge on any atom is -0.501 e. The molecule has 0 spiro atoms. The van der Waals surface area contributed by atoms with Gasteiger partial charge in [0.15, 0.2) is 0 Å². The van der Waals surface area contributed by atoms with Gasteiger partial charge in [-0.2, -0.15) is 13.2 Å². The average Bonchev–Trinajstić information content (AvgIpc) is 3.70. The van der Waals surface area contributed by atoms with Gasteiger partial charge in [0, 0.05) is 39.6 Å². The van der Waals surface area contributed by atoms with E-state index in [4.69, 9.17) is 4.74 Å². The molecule has 7 heteroatoms. The zero-order chi connectivity index (χ0) is 51.1. The van der Waals surface area contributed by atoms with Crippen molar-refractivity contribution in [2.24, 2.45) is 16.7 Å². The minimum atomic E-state index is -4.44. The SMILES string of the molecule is Cc1cc2c3c(c1)N(c1ccc(C(C)(C)C)cc1-c1ccc(C(F)(F)F)cc1)c1cc4c(cc1B3C1=C(C3C(O1)C(C)(C)CCC3(C)C)N2c1ccc2c(c1)C(C)(C)CCC2(C)C)C(C)(C)CCC4(C)C. The molecule has 2 atom stereocenters. The van der Waals surface area contributed by atoms with Crippen LogP contribution in [-0.2, 0) is 38.0 Å². The van der Waals surface area contributed by atoms with Crippen LogP contribution in [-0.4, -0.2) is 12.8 Å². The van der Waals surface area contributed by atoms with Gasteiger partial charge < -0.3 is 14.5 Å². The van der Waals surface area contributed by atoms with E-state index in [1.165, 1.54) is 62.4 Å². The zero-order valence-corrected chi connectivity index (χ0v) is 45.5. The monoisotopic (exact) mass is 957 g/mol. The Labute approximate surface area is 423 Å². The van der Waals surface area contributed by atoms with Gasteiger partial charge in [-0.05, 0) is 182 Å². The highest BCUT2D eigenvalue weighted by Gasteiger charge is 2.61. The topological polar surface area (TPSA) is 15.7 Å². The van der Waals surface area contributed by atoms with Gasteiger partial charge in [-0.1, -0.05) is 134 Å². The average molecular weight is 957 g/mol. The second-order valence-corrected chi connectivity index (χ2v) is 27.8. The summed E-state index contributed by atoms with van der Waals surface area (Å²) < 4.78 is 50.5. The number of aryl methyl sites for hydroxylation is 1. The molecule has 5 aromatic carbocycles. The lowest BCUT2D eigenvalue weighted by atomic mass is 9.35. The molecule has 0 bridgehead atoms. The quantitative estimate of drug-likeness (QED) is 0.168. The summed E-state index contributed by atoms with van der Waals surface area (Å²) in [7, 11) is 0. The smallest absolute Gasteiger partial charge is 0.416 e. The summed E-state index contributed by atoms with van der Waals surface area (Å²) in [4.78, 5) is 5.14. The number of benzene rings is 5. The van der Waals surface area contributed by atoms with Crippen molar-refractivity contribution in [1.29, 1.82) is 0 Å². The molecule has 3 aliphatic heterocycles. The van der Waals surface area contributed by atoms with Gasteiger partial charge in [-0.3, -0.25) is 0 Å². The van der Waals surface area contributed by atoms with E-state index in [-0.39, 0.29) is 56.6 Å². The maximum absolute atomic E-state index is 14.2. The van der Waals surface area contributed by atoms with Crippen LogP contribution in [0, 0.1) is 23.7 Å². The van der Waals surface area contributed by atoms with Crippen LogP contribution in [0.15, 0.2) is 96.3 Å². The molecule has 2 unspecified atom stereocenters. The molecule has 3 aliphatic carbocycles. The van der Waals surface area contributed by atoms with Crippen molar-refractivity contribution in [2.45, 2.75) is 189 Å². The molecular formula is C64H76BF3N2O. The summed E-state index contributed by atoms with van der Waals surface area (Å²) in [6.45, 7) is 37.8. The first-order valence-corrected chi connectivity index (χ1v) is 26.6. The highest BCUT2D eigenvalue weighted by atomic mass is 19.4. The van der Waals surface area contributed by atoms with Crippen LogP contribution in [0.4, 0.5) is 41.6 Å². The second-order valence-electron chi connectivity index (χ2n) is 27.8. The lowest BCUT2D eigenvalue weighted by molar-refractivity contribution is -0.137. The van der Waals surface area contributed by atoms with Crippen molar-refractivity contribution < 1.29 is 17.9 Å². The van der Waals surface area contributed by atoms with Crippen molar-refractivity contribution >= 4 is 46.1 Å². The molecule has 0 N–H and O–H groups in total. The predicted octanol–water partition coefficient (Wildman–Crippen LogP) is 16.8. The molecule has 372 valence electrons. The molecule has 3 heterocycles. The van der Waals surface area contributed by atoms with Crippen molar-refractivity contribution in [3.63, 3.8) is 0 Å². The van der Waals surface area contributed by atoms with Gasteiger partial charge in [-0.25, -0.2) is 0 Å². The molecule has 11 rings (SSSR count). The first kappa shape index (κ1) is 48.4. The van der Waals surface area contributed by atoms with Crippen molar-refractivity contribution in [3.8, 4) is 11.1 Å². The van der Waals surface area contributed by atoms with Gasteiger partial charge >= 0.3 is 6.18 Å². The van der Waals surface area contributed by atoms with Crippen molar-refractivity contribution in [1.82, 2.24) is 0 Å². The van der Waals surface area contributed by atoms with E-state index in [2.05, 4.69) is 181 Å². The summed E-state index contributed by atoms with van der Waals surface area (Å²) >= 11 is 0. The summed E-state index contributed by atoms with van der Waals surface area (Å²) in [5.74, 6) is 0.143. The third-order valence-electron chi connectivity index (χ3n) is 19.0. The molecule has 3 nitrogen and oxygen atoms in total. The third kappa shape index (κ3) is 7.32. The van der Waals surface area contributed by atoms with E-state index < -0.39 is 11.7 Å². The number of ether oxygens (including phenoxy) is 1. The van der Waals surface area contributed by atoms with Gasteiger partial charge in [0.2, 0.25) is 0 Å². The van der Waals surface area contributed by atoms with Crippen LogP contribution in [0.1, 0.15) is 181 Å². The Morgan fingerprint density at radius 2 is 1.07 bits per heavy atom. The first-order valence-electron chi connectivity index (χ1n) is 26.6. The second kappa shape index (κ2) is 15.1. The van der Waals surface area contributed by atoms with Gasteiger partial charge in [0.25, 0.3) is 6.71 Å². The van der Waals surface area contributed by atoms with E-state index >= 15 is 0 Å². The molecule has 0 saturated heterocycles. The highest BCUT2D eigenvalue weighted by Crippen LogP contribution is 2.62. The maximum atomic E-state index is 14.2. The number of hydrogen-bond acceptors (Lipinski definition) is 3. The van der Waals surface area contributed by atoms with E-state index in [1.54, 1.807) is 12.1 Å². The number of alkyl halides is 3. The molecule has 0 aromatic heterocycles. The number of anilines is 5. The van der Waals surface area contributed by atoms with Crippen LogP contribution >= 0.6 is 0 Å². The fourth-order valence-electron chi connectivity index (χ4n) is 14.0. The summed E-state index contributed by atoms with van der Waals surface area (Å²) in [6, 6.07) is 29.8. The largest absolute Gasteiger partial charge is 0.501 e. The Kier molecular flexibility index (Phi) is 10.3. The minimum absolute atomic E-state index is 0.00652. The van der Waals surface area contributed by atoms with E-state index in [0.717, 1.165) is 83.5 Å². The Balaban J connectivity index is 1.26. The molecule has 5 aromatic rings. The molecule has 6 aliphatic rings. The lowest BCUT2D eigenvalue weighted by Crippen LogP contribution is -2.57. The van der Waals surface area contributed by atoms with Crippen LogP contribution in [0.3, 0.4) is 0 Å². The fourth-order valence-corrected chi connectivity index (χ4v) is 14.0. The highest BCUT2D eigenvalue weighted by molar-refractivity contribution is 6.94. The Morgan fingerprint density at radius 1 is 0.535 bits per heavy atom. The number of fused-ring (bicyclic) bond motifs is 7. The Hall–Kier alpha value is -4.91. The third-order valence-corrected chi connectivity index (χ3v) is 19.0. The molecule has 1 saturated carbocycles. The summed E-state index contributed by atoms with van der Waals surface area (Å²) in [5, 5.41) is 0. The van der Waals surface area contributed by atoms with Gasteiger partial charge in [-0.15, -0.1) is 0 Å². The lowest BCUT2D eigenvalue weighted by Gasteiger charge is -2.50. The number of nitrogens with zero attached hydrogens (tertiary/aromatic N) is 2. The molecular weight excluding hydrogens is 881 g/mol. The summed E-state index contributed by atoms with van der Waals surface area (Å²) in [5.41, 5.74) is 18.9. The standard InChI is InChI=1S/C64H76BF3N2O/c1-37-31-50-53-51(32-37)70(48-24-21-40(57(2,3)4)33-42(48)38-17-19-39(20-18-38)64(66,67)68)49-36-46-45(60(9,10)27-28-61(46,11)12)35-47(49)65(53)56-54(52-55(71-56)63(15,16)30-29-62(52,13)14)69(50)41-22-23-43-44(34-41)59(7,8)26-25-58(43,5)6/h17-24,31-36,52,55H,25-30H2,1-16H3. The van der Waals surface area contributed by atoms with E-state index in [1.807, 2.05) is 0 Å². The molecule has 0 radical (unpaired) electrons. The zero-order valence-electron chi connectivity index (χ0n) is 45.5. The van der Waals surface area contributed by atoms with E-state index in [9.17, 15) is 13.2 Å². The number of hydrogen-bond donors (Lipinski definition) is 0. The number of halogens is 3. The normalized spacial score (nSPS) is 23.7. The van der Waals surface area contributed by atoms with Gasteiger partial charge in [0.05, 0.1) is 22.6 Å². The fraction of sp³-hybridized carbons (Fsp3) is 0.500. The van der Waals surface area contributed by atoms with Crippen LogP contribution < -0.4 is 20.7 Å². The Bertz CT molecular complexity index is 3090. The van der Waals surface area contributed by atoms with Crippen molar-refractivity contribution in [2.75, 3.05) is 9.80 Å². The van der Waals surface area contributed by atoms with Crippen LogP contribution in [0.5, 0.6) is 0 Å². The molecule has 71 heavy (non-hydrogen) atoms. The summed E-state index contributed by atoms with van der Waals surface area (Å²) in [6.07, 6.45) is 2.17. The van der Waals surface area contributed by atoms with Crippen molar-refractivity contribution in [3.05, 3.63) is 135 Å². The first-order chi connectivity index (χ1) is 32.8. The van der Waals surface area contributed by atoms with Crippen LogP contribution in [0.25, 0.3) is 11.1 Å². The van der Waals surface area contributed by atoms with Gasteiger partial charge in [0.1, 0.15) is 6.10 Å². The predicted molar refractivity (Wildman–Crippen MR) is 291 cm³/mol. The Morgan fingerprint density at radius 3 is 1.66 bits per heavy atom. The van der Waals surface area contributed by atoms with Crippen LogP contribution in [0.2, 0.25) is 0 Å². The molecule has 0 amide bonds. The number of rotatable bonds is 3. The van der Waals surface area contributed by atoms with E-state index in [0.29, 0.717) is 0 Å².